The van der Waals surface area contributed by atoms with E-state index in [-0.39, 0.29) is 0 Å². The van der Waals surface area contributed by atoms with Crippen LogP contribution in [0.4, 0.5) is 0 Å². The van der Waals surface area contributed by atoms with Gasteiger partial charge < -0.3 is 22.8 Å². The van der Waals surface area contributed by atoms with Crippen LogP contribution in [0.15, 0.2) is 316 Å². The molecule has 8 nitrogen and oxygen atoms in total. The van der Waals surface area contributed by atoms with E-state index in [0.717, 1.165) is 112 Å². The van der Waals surface area contributed by atoms with Gasteiger partial charge in [-0.2, -0.15) is 0 Å². The molecule has 8 heteroatoms. The summed E-state index contributed by atoms with van der Waals surface area (Å²) in [6.45, 7) is 4.18. The summed E-state index contributed by atoms with van der Waals surface area (Å²) in [6, 6.07) is 114. The molecule has 98 heavy (non-hydrogen) atoms. The molecule has 8 aromatic heterocycles. The molecule has 21 rings (SSSR count). The van der Waals surface area contributed by atoms with Crippen LogP contribution in [-0.4, -0.2) is 37.4 Å². The SMILES string of the molecule is Cc1ccc(-c2cccc(-c3cc(-n4c5ccc(-n6c7ccccc7c7ccccc76)cc5c5cc(-n6c7ccccc7c7ccccc76)ccc54)ncc3-n3c4ccc(-n5c6ccccc6c6ccccc65)cc4c4cc(-n5c6ccccc6c6ccccc65)ccc43)c2)c(C)n1. The van der Waals surface area contributed by atoms with Crippen LogP contribution in [0.1, 0.15) is 11.4 Å². The molecular formula is C90H58N8. The summed E-state index contributed by atoms with van der Waals surface area (Å²) in [4.78, 5) is 10.7. The maximum atomic E-state index is 5.76. The highest BCUT2D eigenvalue weighted by molar-refractivity contribution is 6.17. The maximum absolute atomic E-state index is 5.76. The normalized spacial score (nSPS) is 12.2. The number of fused-ring (bicyclic) bond motifs is 18. The first kappa shape index (κ1) is 54.4. The van der Waals surface area contributed by atoms with Crippen LogP contribution >= 0.6 is 0 Å². The van der Waals surface area contributed by atoms with Crippen LogP contribution in [0.3, 0.4) is 0 Å². The quantitative estimate of drug-likeness (QED) is 0.152. The summed E-state index contributed by atoms with van der Waals surface area (Å²) in [7, 11) is 0. The predicted molar refractivity (Wildman–Crippen MR) is 408 cm³/mol. The Morgan fingerprint density at radius 2 is 0.520 bits per heavy atom. The Morgan fingerprint density at radius 1 is 0.224 bits per heavy atom. The van der Waals surface area contributed by atoms with Crippen molar-refractivity contribution in [2.75, 3.05) is 0 Å². The highest BCUT2D eigenvalue weighted by Crippen LogP contribution is 2.45. The number of rotatable bonds is 8. The van der Waals surface area contributed by atoms with E-state index in [0.29, 0.717) is 0 Å². The van der Waals surface area contributed by atoms with Crippen molar-refractivity contribution in [3.8, 4) is 56.5 Å². The van der Waals surface area contributed by atoms with Crippen LogP contribution < -0.4 is 0 Å². The molecule has 0 saturated carbocycles. The van der Waals surface area contributed by atoms with E-state index in [1.807, 2.05) is 0 Å². The molecular weight excluding hydrogens is 1190 g/mol. The molecule has 0 unspecified atom stereocenters. The molecule has 0 atom stereocenters. The molecule has 0 aliphatic carbocycles. The first-order valence-corrected chi connectivity index (χ1v) is 33.6. The minimum absolute atomic E-state index is 0.805. The summed E-state index contributed by atoms with van der Waals surface area (Å²) in [5.41, 5.74) is 25.2. The zero-order valence-corrected chi connectivity index (χ0v) is 53.6. The Balaban J connectivity index is 0.842. The number of nitrogens with zero attached hydrogens (tertiary/aromatic N) is 8. The maximum Gasteiger partial charge on any atom is 0.138 e. The molecule has 0 spiro atoms. The third-order valence-corrected chi connectivity index (χ3v) is 20.9. The highest BCUT2D eigenvalue weighted by Gasteiger charge is 2.25. The van der Waals surface area contributed by atoms with Gasteiger partial charge in [0.05, 0.1) is 78.1 Å². The van der Waals surface area contributed by atoms with Crippen molar-refractivity contribution in [2.45, 2.75) is 13.8 Å². The summed E-state index contributed by atoms with van der Waals surface area (Å²) >= 11 is 0. The molecule has 0 saturated heterocycles. The second-order valence-corrected chi connectivity index (χ2v) is 26.2. The van der Waals surface area contributed by atoms with E-state index >= 15 is 0 Å². The van der Waals surface area contributed by atoms with E-state index in [1.54, 1.807) is 0 Å². The minimum Gasteiger partial charge on any atom is -0.309 e. The largest absolute Gasteiger partial charge is 0.309 e. The van der Waals surface area contributed by atoms with E-state index in [9.17, 15) is 0 Å². The van der Waals surface area contributed by atoms with Gasteiger partial charge in [-0.1, -0.05) is 170 Å². The number of aryl methyl sites for hydroxylation is 2. The van der Waals surface area contributed by atoms with Crippen LogP contribution in [-0.2, 0) is 0 Å². The Kier molecular flexibility index (Phi) is 11.5. The number of para-hydroxylation sites is 8. The van der Waals surface area contributed by atoms with Gasteiger partial charge in [0, 0.05) is 110 Å². The van der Waals surface area contributed by atoms with E-state index in [4.69, 9.17) is 9.97 Å². The van der Waals surface area contributed by atoms with E-state index in [2.05, 4.69) is 357 Å². The number of hydrogen-bond donors (Lipinski definition) is 0. The zero-order valence-electron chi connectivity index (χ0n) is 53.6. The Morgan fingerprint density at radius 3 is 0.847 bits per heavy atom. The van der Waals surface area contributed by atoms with Gasteiger partial charge in [-0.3, -0.25) is 9.55 Å². The molecule has 0 fully saturated rings. The first-order valence-electron chi connectivity index (χ1n) is 33.6. The lowest BCUT2D eigenvalue weighted by Gasteiger charge is -2.18. The lowest BCUT2D eigenvalue weighted by Crippen LogP contribution is -2.04. The fraction of sp³-hybridized carbons (Fsp3) is 0.0222. The van der Waals surface area contributed by atoms with E-state index in [1.165, 1.54) is 87.2 Å². The summed E-state index contributed by atoms with van der Waals surface area (Å²) in [6.07, 6.45) is 2.13. The molecule has 0 radical (unpaired) electrons. The summed E-state index contributed by atoms with van der Waals surface area (Å²) in [5, 5.41) is 14.3. The van der Waals surface area contributed by atoms with Crippen molar-refractivity contribution in [3.05, 3.63) is 327 Å². The lowest BCUT2D eigenvalue weighted by molar-refractivity contribution is 1.05. The van der Waals surface area contributed by atoms with E-state index < -0.39 is 0 Å². The first-order chi connectivity index (χ1) is 48.5. The topological polar surface area (TPSA) is 55.4 Å². The fourth-order valence-corrected chi connectivity index (χ4v) is 16.7. The summed E-state index contributed by atoms with van der Waals surface area (Å²) < 4.78 is 14.6. The third kappa shape index (κ3) is 7.82. The fourth-order valence-electron chi connectivity index (χ4n) is 16.7. The number of pyridine rings is 2. The van der Waals surface area contributed by atoms with Crippen molar-refractivity contribution >= 4 is 131 Å². The predicted octanol–water partition coefficient (Wildman–Crippen LogP) is 23.0. The molecule has 0 bridgehead atoms. The van der Waals surface area contributed by atoms with Crippen LogP contribution in [0.25, 0.3) is 187 Å². The molecule has 0 aliphatic rings. The van der Waals surface area contributed by atoms with Gasteiger partial charge >= 0.3 is 0 Å². The average molecular weight is 1250 g/mol. The standard InChI is InChI=1S/C90H58N8/c1-55-38-43-63(56(2)92-55)57-20-19-21-58(48-57)72-53-90(98-87-46-41-61(95-81-34-15-7-26-68(81)69-27-8-16-35-82(69)95)51-75(87)76-52-62(42-47-88(76)98)96-83-36-17-9-28-70(83)71-29-10-18-37-84(71)96)91-54-89(72)97-85-44-39-59(93-77-30-11-3-22-64(77)65-23-4-12-31-78(65)93)49-73(85)74-50-60(40-45-86(74)97)94-79-32-13-5-24-66(79)67-25-6-14-33-80(67)94/h3-54H,1-2H3. The molecule has 0 aliphatic heterocycles. The minimum atomic E-state index is 0.805. The van der Waals surface area contributed by atoms with Crippen molar-refractivity contribution in [1.82, 2.24) is 37.4 Å². The van der Waals surface area contributed by atoms with Crippen LogP contribution in [0, 0.1) is 13.8 Å². The highest BCUT2D eigenvalue weighted by atomic mass is 15.1. The van der Waals surface area contributed by atoms with Crippen molar-refractivity contribution in [2.24, 2.45) is 0 Å². The third-order valence-electron chi connectivity index (χ3n) is 20.9. The van der Waals surface area contributed by atoms with Gasteiger partial charge in [0.2, 0.25) is 0 Å². The van der Waals surface area contributed by atoms with Gasteiger partial charge in [0.1, 0.15) is 5.82 Å². The van der Waals surface area contributed by atoms with Gasteiger partial charge in [-0.25, -0.2) is 4.98 Å². The molecule has 0 amide bonds. The summed E-state index contributed by atoms with van der Waals surface area (Å²) in [5.74, 6) is 0.805. The van der Waals surface area contributed by atoms with Crippen LogP contribution in [0.5, 0.6) is 0 Å². The molecule has 13 aromatic carbocycles. The van der Waals surface area contributed by atoms with Crippen molar-refractivity contribution in [1.29, 1.82) is 0 Å². The Bertz CT molecular complexity index is 6420. The molecule has 458 valence electrons. The molecule has 8 heterocycles. The van der Waals surface area contributed by atoms with Gasteiger partial charge in [0.25, 0.3) is 0 Å². The Hall–Kier alpha value is -13.0. The van der Waals surface area contributed by atoms with Crippen LogP contribution in [0.2, 0.25) is 0 Å². The second-order valence-electron chi connectivity index (χ2n) is 26.2. The van der Waals surface area contributed by atoms with Crippen molar-refractivity contribution in [3.63, 3.8) is 0 Å². The lowest BCUT2D eigenvalue weighted by atomic mass is 9.97. The second kappa shape index (κ2) is 20.7. The van der Waals surface area contributed by atoms with Gasteiger partial charge in [-0.15, -0.1) is 0 Å². The van der Waals surface area contributed by atoms with Gasteiger partial charge in [0.15, 0.2) is 0 Å². The van der Waals surface area contributed by atoms with Gasteiger partial charge in [-0.05, 0) is 165 Å². The number of benzene rings is 13. The zero-order chi connectivity index (χ0) is 64.4. The average Bonchev–Trinajstić information content (AvgIpc) is 1.13. The Labute approximate surface area is 562 Å². The number of aromatic nitrogens is 8. The smallest absolute Gasteiger partial charge is 0.138 e. The number of hydrogen-bond acceptors (Lipinski definition) is 2. The molecule has 21 aromatic rings. The molecule has 0 N–H and O–H groups in total. The van der Waals surface area contributed by atoms with Crippen molar-refractivity contribution < 1.29 is 0 Å². The monoisotopic (exact) mass is 1250 g/mol.